The molecule has 0 aliphatic carbocycles. The molecule has 0 bridgehead atoms. The Balaban J connectivity index is 0.00000225. The van der Waals surface area contributed by atoms with Crippen molar-refractivity contribution in [2.24, 2.45) is 5.92 Å². The first-order valence-electron chi connectivity index (χ1n) is 4.84. The Morgan fingerprint density at radius 3 is 2.75 bits per heavy atom. The van der Waals surface area contributed by atoms with E-state index in [-0.39, 0.29) is 24.2 Å². The van der Waals surface area contributed by atoms with Gasteiger partial charge in [0.05, 0.1) is 0 Å². The maximum absolute atomic E-state index is 11.6. The maximum atomic E-state index is 11.6. The van der Waals surface area contributed by atoms with Crippen molar-refractivity contribution in [1.29, 1.82) is 0 Å². The van der Waals surface area contributed by atoms with E-state index >= 15 is 0 Å². The molecule has 1 aromatic rings. The molecule has 1 amide bonds. The fourth-order valence-corrected chi connectivity index (χ4v) is 1.63. The largest absolute Gasteiger partial charge is 0.326 e. The molecule has 1 aromatic carbocycles. The lowest BCUT2D eigenvalue weighted by Crippen LogP contribution is -2.28. The highest BCUT2D eigenvalue weighted by molar-refractivity contribution is 9.10. The van der Waals surface area contributed by atoms with Crippen LogP contribution in [-0.4, -0.2) is 19.5 Å². The lowest BCUT2D eigenvalue weighted by atomic mass is 10.1. The third-order valence-corrected chi connectivity index (χ3v) is 2.54. The van der Waals surface area contributed by atoms with E-state index < -0.39 is 0 Å². The van der Waals surface area contributed by atoms with Crippen molar-refractivity contribution in [3.8, 4) is 0 Å². The first kappa shape index (κ1) is 15.4. The molecule has 0 aromatic heterocycles. The van der Waals surface area contributed by atoms with Crippen LogP contribution in [0.2, 0.25) is 0 Å². The predicted molar refractivity (Wildman–Crippen MR) is 73.1 cm³/mol. The monoisotopic (exact) mass is 306 g/mol. The molecule has 0 radical (unpaired) electrons. The third kappa shape index (κ3) is 4.96. The molecule has 1 atom stereocenters. The number of hydrogen-bond donors (Lipinski definition) is 2. The summed E-state index contributed by atoms with van der Waals surface area (Å²) in [4.78, 5) is 11.6. The molecule has 0 aliphatic heterocycles. The molecule has 1 rings (SSSR count). The summed E-state index contributed by atoms with van der Waals surface area (Å²) in [5.41, 5.74) is 0.817. The van der Waals surface area contributed by atoms with Gasteiger partial charge in [-0.3, -0.25) is 4.79 Å². The van der Waals surface area contributed by atoms with E-state index in [1.807, 2.05) is 38.2 Å². The molecule has 0 spiro atoms. The highest BCUT2D eigenvalue weighted by atomic mass is 79.9. The summed E-state index contributed by atoms with van der Waals surface area (Å²) in [5, 5.41) is 5.83. The van der Waals surface area contributed by atoms with Crippen molar-refractivity contribution >= 4 is 39.9 Å². The third-order valence-electron chi connectivity index (χ3n) is 2.05. The molecule has 3 nitrogen and oxygen atoms in total. The van der Waals surface area contributed by atoms with Gasteiger partial charge in [-0.2, -0.15) is 0 Å². The lowest BCUT2D eigenvalue weighted by molar-refractivity contribution is -0.119. The van der Waals surface area contributed by atoms with E-state index in [9.17, 15) is 4.79 Å². The zero-order chi connectivity index (χ0) is 11.3. The van der Waals surface area contributed by atoms with Gasteiger partial charge in [-0.25, -0.2) is 0 Å². The second kappa shape index (κ2) is 7.65. The first-order chi connectivity index (χ1) is 7.13. The van der Waals surface area contributed by atoms with Gasteiger partial charge in [0, 0.05) is 22.6 Å². The Kier molecular flexibility index (Phi) is 7.38. The molecule has 0 heterocycles. The van der Waals surface area contributed by atoms with Gasteiger partial charge >= 0.3 is 0 Å². The van der Waals surface area contributed by atoms with Crippen LogP contribution in [0.5, 0.6) is 0 Å². The molecule has 90 valence electrons. The van der Waals surface area contributed by atoms with Gasteiger partial charge in [0.15, 0.2) is 0 Å². The van der Waals surface area contributed by atoms with E-state index in [4.69, 9.17) is 0 Å². The van der Waals surface area contributed by atoms with Gasteiger partial charge < -0.3 is 10.6 Å². The average molecular weight is 308 g/mol. The number of rotatable bonds is 4. The minimum absolute atomic E-state index is 0. The minimum Gasteiger partial charge on any atom is -0.326 e. The fourth-order valence-electron chi connectivity index (χ4n) is 1.23. The van der Waals surface area contributed by atoms with E-state index in [0.717, 1.165) is 10.2 Å². The first-order valence-corrected chi connectivity index (χ1v) is 5.64. The zero-order valence-electron chi connectivity index (χ0n) is 9.29. The SMILES string of the molecule is CNCC(C)C(=O)Nc1cccc(Br)c1.Cl. The molecule has 16 heavy (non-hydrogen) atoms. The number of nitrogens with one attached hydrogen (secondary N) is 2. The van der Waals surface area contributed by atoms with Crippen LogP contribution in [0.1, 0.15) is 6.92 Å². The molecule has 2 N–H and O–H groups in total. The summed E-state index contributed by atoms with van der Waals surface area (Å²) in [6, 6.07) is 7.56. The van der Waals surface area contributed by atoms with E-state index in [1.54, 1.807) is 0 Å². The Bertz CT molecular complexity index is 347. The molecule has 5 heteroatoms. The predicted octanol–water partition coefficient (Wildman–Crippen LogP) is 2.66. The van der Waals surface area contributed by atoms with Gasteiger partial charge in [-0.15, -0.1) is 12.4 Å². The number of halogens is 2. The van der Waals surface area contributed by atoms with Crippen LogP contribution in [0.3, 0.4) is 0 Å². The van der Waals surface area contributed by atoms with Gasteiger partial charge in [-0.1, -0.05) is 28.9 Å². The van der Waals surface area contributed by atoms with Gasteiger partial charge in [0.2, 0.25) is 5.91 Å². The van der Waals surface area contributed by atoms with E-state index in [1.165, 1.54) is 0 Å². The fraction of sp³-hybridized carbons (Fsp3) is 0.364. The van der Waals surface area contributed by atoms with E-state index in [0.29, 0.717) is 6.54 Å². The van der Waals surface area contributed by atoms with Crippen LogP contribution in [-0.2, 0) is 4.79 Å². The van der Waals surface area contributed by atoms with Crippen molar-refractivity contribution in [1.82, 2.24) is 5.32 Å². The molecule has 0 saturated carbocycles. The smallest absolute Gasteiger partial charge is 0.228 e. The Labute approximate surface area is 111 Å². The summed E-state index contributed by atoms with van der Waals surface area (Å²) in [6.45, 7) is 2.57. The number of hydrogen-bond acceptors (Lipinski definition) is 2. The molecule has 0 aliphatic rings. The molecular formula is C11H16BrClN2O. The molecule has 1 unspecified atom stereocenters. The Morgan fingerprint density at radius 1 is 1.50 bits per heavy atom. The Morgan fingerprint density at radius 2 is 2.19 bits per heavy atom. The average Bonchev–Trinajstić information content (AvgIpc) is 2.18. The topological polar surface area (TPSA) is 41.1 Å². The second-order valence-electron chi connectivity index (χ2n) is 3.46. The minimum atomic E-state index is -0.0334. The highest BCUT2D eigenvalue weighted by Crippen LogP contribution is 2.16. The molecule has 0 saturated heterocycles. The van der Waals surface area contributed by atoms with Crippen molar-refractivity contribution in [2.45, 2.75) is 6.92 Å². The second-order valence-corrected chi connectivity index (χ2v) is 4.37. The number of benzene rings is 1. The normalized spacial score (nSPS) is 11.4. The summed E-state index contributed by atoms with van der Waals surface area (Å²) in [5.74, 6) is -0.00330. The van der Waals surface area contributed by atoms with Crippen molar-refractivity contribution in [3.63, 3.8) is 0 Å². The van der Waals surface area contributed by atoms with Crippen molar-refractivity contribution in [3.05, 3.63) is 28.7 Å². The zero-order valence-corrected chi connectivity index (χ0v) is 11.7. The van der Waals surface area contributed by atoms with Crippen molar-refractivity contribution in [2.75, 3.05) is 18.9 Å². The van der Waals surface area contributed by atoms with Gasteiger partial charge in [0.1, 0.15) is 0 Å². The lowest BCUT2D eigenvalue weighted by Gasteiger charge is -2.11. The van der Waals surface area contributed by atoms with Crippen LogP contribution >= 0.6 is 28.3 Å². The number of amides is 1. The summed E-state index contributed by atoms with van der Waals surface area (Å²) >= 11 is 3.36. The maximum Gasteiger partial charge on any atom is 0.228 e. The quantitative estimate of drug-likeness (QED) is 0.898. The van der Waals surface area contributed by atoms with Crippen LogP contribution in [0.15, 0.2) is 28.7 Å². The molecular weight excluding hydrogens is 291 g/mol. The molecule has 0 fully saturated rings. The number of anilines is 1. The number of carbonyl (C=O) groups excluding carboxylic acids is 1. The summed E-state index contributed by atoms with van der Waals surface area (Å²) < 4.78 is 0.960. The van der Waals surface area contributed by atoms with Gasteiger partial charge in [0.25, 0.3) is 0 Å². The van der Waals surface area contributed by atoms with Crippen LogP contribution < -0.4 is 10.6 Å². The summed E-state index contributed by atoms with van der Waals surface area (Å²) in [7, 11) is 1.84. The van der Waals surface area contributed by atoms with Crippen molar-refractivity contribution < 1.29 is 4.79 Å². The highest BCUT2D eigenvalue weighted by Gasteiger charge is 2.11. The van der Waals surface area contributed by atoms with Crippen LogP contribution in [0.25, 0.3) is 0 Å². The standard InChI is InChI=1S/C11H15BrN2O.ClH/c1-8(7-13-2)11(15)14-10-5-3-4-9(12)6-10;/h3-6,8,13H,7H2,1-2H3,(H,14,15);1H. The Hall–Kier alpha value is -0.580. The van der Waals surface area contributed by atoms with E-state index in [2.05, 4.69) is 26.6 Å². The van der Waals surface area contributed by atoms with Gasteiger partial charge in [-0.05, 0) is 25.2 Å². The van der Waals surface area contributed by atoms with Crippen LogP contribution in [0.4, 0.5) is 5.69 Å². The van der Waals surface area contributed by atoms with Crippen LogP contribution in [0, 0.1) is 5.92 Å². The number of carbonyl (C=O) groups is 1. The summed E-state index contributed by atoms with van der Waals surface area (Å²) in [6.07, 6.45) is 0.